The molecule has 6 N–H and O–H groups in total. The van der Waals surface area contributed by atoms with Gasteiger partial charge in [0, 0.05) is 12.6 Å². The molecular formula is C14H28N6. The van der Waals surface area contributed by atoms with Gasteiger partial charge in [0.15, 0.2) is 0 Å². The Morgan fingerprint density at radius 2 is 1.55 bits per heavy atom. The van der Waals surface area contributed by atoms with Crippen LogP contribution in [0.25, 0.3) is 0 Å². The molecule has 0 fully saturated rings. The van der Waals surface area contributed by atoms with Gasteiger partial charge >= 0.3 is 0 Å². The van der Waals surface area contributed by atoms with E-state index in [0.717, 1.165) is 13.0 Å². The molecular weight excluding hydrogens is 252 g/mol. The van der Waals surface area contributed by atoms with E-state index in [1.807, 2.05) is 0 Å². The van der Waals surface area contributed by atoms with E-state index in [0.29, 0.717) is 11.6 Å². The van der Waals surface area contributed by atoms with Crippen LogP contribution in [0.4, 0.5) is 17.6 Å². The van der Waals surface area contributed by atoms with Gasteiger partial charge in [-0.15, -0.1) is 0 Å². The number of rotatable bonds is 11. The Kier molecular flexibility index (Phi) is 8.46. The number of nitrogens with two attached hydrogens (primary N) is 2. The third kappa shape index (κ3) is 7.13. The first kappa shape index (κ1) is 16.5. The molecule has 114 valence electrons. The van der Waals surface area contributed by atoms with Crippen molar-refractivity contribution in [3.8, 4) is 0 Å². The van der Waals surface area contributed by atoms with E-state index in [1.165, 1.54) is 44.9 Å². The molecule has 0 aromatic carbocycles. The minimum atomic E-state index is 0.221. The van der Waals surface area contributed by atoms with Crippen LogP contribution in [0.3, 0.4) is 0 Å². The Morgan fingerprint density at radius 3 is 2.20 bits per heavy atom. The zero-order chi connectivity index (χ0) is 14.6. The lowest BCUT2D eigenvalue weighted by Crippen LogP contribution is -2.12. The molecule has 0 saturated heterocycles. The standard InChI is InChI=1S/C14H28N6/c1-2-3-4-5-6-7-8-9-10-17-12-11-13(20-16)19-14(15)18-12/h11H,2-10,16H2,1H3,(H4,15,17,18,19,20). The number of aromatic nitrogens is 2. The maximum Gasteiger partial charge on any atom is 0.223 e. The van der Waals surface area contributed by atoms with Gasteiger partial charge in [-0.25, -0.2) is 5.84 Å². The second-order valence-corrected chi connectivity index (χ2v) is 5.04. The minimum absolute atomic E-state index is 0.221. The monoisotopic (exact) mass is 280 g/mol. The highest BCUT2D eigenvalue weighted by atomic mass is 15.3. The van der Waals surface area contributed by atoms with Gasteiger partial charge in [-0.05, 0) is 6.42 Å². The molecule has 6 nitrogen and oxygen atoms in total. The van der Waals surface area contributed by atoms with E-state index in [-0.39, 0.29) is 5.95 Å². The highest BCUT2D eigenvalue weighted by molar-refractivity contribution is 5.50. The summed E-state index contributed by atoms with van der Waals surface area (Å²) in [5.74, 6) is 6.77. The summed E-state index contributed by atoms with van der Waals surface area (Å²) in [5.41, 5.74) is 8.06. The fourth-order valence-electron chi connectivity index (χ4n) is 2.11. The van der Waals surface area contributed by atoms with Gasteiger partial charge in [0.2, 0.25) is 5.95 Å². The van der Waals surface area contributed by atoms with E-state index < -0.39 is 0 Å². The summed E-state index contributed by atoms with van der Waals surface area (Å²) in [7, 11) is 0. The highest BCUT2D eigenvalue weighted by Crippen LogP contribution is 2.12. The van der Waals surface area contributed by atoms with Crippen molar-refractivity contribution in [2.75, 3.05) is 23.0 Å². The Hall–Kier alpha value is -1.56. The minimum Gasteiger partial charge on any atom is -0.370 e. The van der Waals surface area contributed by atoms with Crippen LogP contribution in [0.5, 0.6) is 0 Å². The van der Waals surface area contributed by atoms with Crippen LogP contribution in [-0.4, -0.2) is 16.5 Å². The number of nitrogen functional groups attached to an aromatic ring is 2. The molecule has 1 aromatic rings. The first-order valence-electron chi connectivity index (χ1n) is 7.61. The second kappa shape index (κ2) is 10.3. The largest absolute Gasteiger partial charge is 0.370 e. The number of nitrogens with one attached hydrogen (secondary N) is 2. The summed E-state index contributed by atoms with van der Waals surface area (Å²) >= 11 is 0. The fraction of sp³-hybridized carbons (Fsp3) is 0.714. The predicted octanol–water partition coefficient (Wildman–Crippen LogP) is 2.90. The normalized spacial score (nSPS) is 10.5. The van der Waals surface area contributed by atoms with Gasteiger partial charge in [0.05, 0.1) is 0 Å². The molecule has 6 heteroatoms. The molecule has 0 bridgehead atoms. The SMILES string of the molecule is CCCCCCCCCCNc1cc(NN)nc(N)n1. The molecule has 0 aliphatic heterocycles. The molecule has 0 unspecified atom stereocenters. The van der Waals surface area contributed by atoms with E-state index in [9.17, 15) is 0 Å². The van der Waals surface area contributed by atoms with Crippen LogP contribution in [0.2, 0.25) is 0 Å². The van der Waals surface area contributed by atoms with Crippen molar-refractivity contribution in [1.29, 1.82) is 0 Å². The zero-order valence-electron chi connectivity index (χ0n) is 12.5. The number of nitrogens with zero attached hydrogens (tertiary/aromatic N) is 2. The molecule has 1 rings (SSSR count). The van der Waals surface area contributed by atoms with Gasteiger partial charge in [0.1, 0.15) is 11.6 Å². The molecule has 20 heavy (non-hydrogen) atoms. The highest BCUT2D eigenvalue weighted by Gasteiger charge is 2.00. The van der Waals surface area contributed by atoms with Gasteiger partial charge in [-0.1, -0.05) is 51.9 Å². The quantitative estimate of drug-likeness (QED) is 0.282. The van der Waals surface area contributed by atoms with Crippen LogP contribution in [0, 0.1) is 0 Å². The summed E-state index contributed by atoms with van der Waals surface area (Å²) < 4.78 is 0. The Morgan fingerprint density at radius 1 is 0.950 bits per heavy atom. The van der Waals surface area contributed by atoms with Crippen molar-refractivity contribution in [3.63, 3.8) is 0 Å². The van der Waals surface area contributed by atoms with E-state index in [4.69, 9.17) is 11.6 Å². The third-order valence-corrected chi connectivity index (χ3v) is 3.23. The lowest BCUT2D eigenvalue weighted by Gasteiger charge is -2.08. The maximum absolute atomic E-state index is 5.59. The van der Waals surface area contributed by atoms with Gasteiger partial charge < -0.3 is 16.5 Å². The average molecular weight is 280 g/mol. The predicted molar refractivity (Wildman–Crippen MR) is 85.4 cm³/mol. The number of hydrogen-bond acceptors (Lipinski definition) is 6. The van der Waals surface area contributed by atoms with E-state index in [2.05, 4.69) is 27.6 Å². The summed E-state index contributed by atoms with van der Waals surface area (Å²) in [6.45, 7) is 3.15. The van der Waals surface area contributed by atoms with Crippen LogP contribution in [0.1, 0.15) is 58.3 Å². The van der Waals surface area contributed by atoms with Gasteiger partial charge in [-0.2, -0.15) is 9.97 Å². The second-order valence-electron chi connectivity index (χ2n) is 5.04. The smallest absolute Gasteiger partial charge is 0.223 e. The molecule has 0 aliphatic rings. The third-order valence-electron chi connectivity index (χ3n) is 3.23. The molecule has 0 atom stereocenters. The van der Waals surface area contributed by atoms with Crippen molar-refractivity contribution >= 4 is 17.6 Å². The van der Waals surface area contributed by atoms with E-state index >= 15 is 0 Å². The summed E-state index contributed by atoms with van der Waals surface area (Å²) in [6.07, 6.45) is 10.5. The molecule has 1 heterocycles. The Balaban J connectivity index is 2.08. The molecule has 1 aromatic heterocycles. The van der Waals surface area contributed by atoms with Crippen molar-refractivity contribution in [2.24, 2.45) is 5.84 Å². The topological polar surface area (TPSA) is 102 Å². The summed E-state index contributed by atoms with van der Waals surface area (Å²) in [6, 6.07) is 1.75. The first-order valence-corrected chi connectivity index (χ1v) is 7.61. The summed E-state index contributed by atoms with van der Waals surface area (Å²) in [5, 5.41) is 3.24. The number of unbranched alkanes of at least 4 members (excludes halogenated alkanes) is 7. The van der Waals surface area contributed by atoms with Crippen LogP contribution >= 0.6 is 0 Å². The van der Waals surface area contributed by atoms with Crippen molar-refractivity contribution in [2.45, 2.75) is 58.3 Å². The zero-order valence-corrected chi connectivity index (χ0v) is 12.5. The van der Waals surface area contributed by atoms with Crippen LogP contribution in [-0.2, 0) is 0 Å². The molecule has 0 aliphatic carbocycles. The lowest BCUT2D eigenvalue weighted by molar-refractivity contribution is 0.581. The molecule has 0 amide bonds. The number of hydrogen-bond donors (Lipinski definition) is 4. The number of hydrazine groups is 1. The Labute approximate surface area is 121 Å². The van der Waals surface area contributed by atoms with Crippen molar-refractivity contribution in [3.05, 3.63) is 6.07 Å². The summed E-state index contributed by atoms with van der Waals surface area (Å²) in [4.78, 5) is 8.05. The van der Waals surface area contributed by atoms with Crippen molar-refractivity contribution in [1.82, 2.24) is 9.97 Å². The molecule has 0 saturated carbocycles. The molecule has 0 radical (unpaired) electrons. The first-order chi connectivity index (χ1) is 9.76. The number of anilines is 3. The van der Waals surface area contributed by atoms with Gasteiger partial charge in [0.25, 0.3) is 0 Å². The fourth-order valence-corrected chi connectivity index (χ4v) is 2.11. The maximum atomic E-state index is 5.59. The Bertz CT molecular complexity index is 369. The van der Waals surface area contributed by atoms with Crippen LogP contribution in [0.15, 0.2) is 6.07 Å². The molecule has 0 spiro atoms. The lowest BCUT2D eigenvalue weighted by atomic mass is 10.1. The van der Waals surface area contributed by atoms with Crippen LogP contribution < -0.4 is 22.3 Å². The average Bonchev–Trinajstić information content (AvgIpc) is 2.45. The van der Waals surface area contributed by atoms with Gasteiger partial charge in [-0.3, -0.25) is 0 Å². The van der Waals surface area contributed by atoms with E-state index in [1.54, 1.807) is 6.07 Å². The van der Waals surface area contributed by atoms with Crippen molar-refractivity contribution < 1.29 is 0 Å².